The van der Waals surface area contributed by atoms with Gasteiger partial charge in [-0.25, -0.2) is 0 Å². The first-order chi connectivity index (χ1) is 9.57. The molecule has 2 heteroatoms. The summed E-state index contributed by atoms with van der Waals surface area (Å²) in [5, 5.41) is 14.1. The second-order valence-electron chi connectivity index (χ2n) is 6.71. The maximum atomic E-state index is 10.6. The highest BCUT2D eigenvalue weighted by atomic mass is 16.3. The zero-order valence-electron chi connectivity index (χ0n) is 12.9. The predicted molar refractivity (Wildman–Crippen MR) is 84.8 cm³/mol. The molecule has 1 aliphatic carbocycles. The van der Waals surface area contributed by atoms with Gasteiger partial charge in [-0.3, -0.25) is 0 Å². The molecule has 0 spiro atoms. The highest BCUT2D eigenvalue weighted by molar-refractivity contribution is 5.14. The van der Waals surface area contributed by atoms with Crippen LogP contribution in [-0.2, 0) is 6.42 Å². The number of aryl methyl sites for hydroxylation is 1. The molecular weight excluding hydrogens is 246 g/mol. The van der Waals surface area contributed by atoms with Crippen LogP contribution in [0.5, 0.6) is 0 Å². The minimum Gasteiger partial charge on any atom is -0.389 e. The average Bonchev–Trinajstić information content (AvgIpc) is 2.48. The van der Waals surface area contributed by atoms with Gasteiger partial charge in [0, 0.05) is 12.6 Å². The fraction of sp³-hybridized carbons (Fsp3) is 0.667. The number of nitrogens with one attached hydrogen (secondary N) is 1. The molecule has 1 aromatic carbocycles. The molecule has 1 aromatic rings. The Kier molecular flexibility index (Phi) is 5.62. The summed E-state index contributed by atoms with van der Waals surface area (Å²) in [6, 6.07) is 11.1. The number of rotatable bonds is 6. The summed E-state index contributed by atoms with van der Waals surface area (Å²) in [6.07, 6.45) is 6.45. The van der Waals surface area contributed by atoms with E-state index in [9.17, 15) is 5.11 Å². The molecule has 0 bridgehead atoms. The predicted octanol–water partition coefficient (Wildman–Crippen LogP) is 3.54. The fourth-order valence-electron chi connectivity index (χ4n) is 2.97. The normalized spacial score (nSPS) is 28.2. The molecule has 0 amide bonds. The molecular formula is C18H29NO. The number of hydrogen-bond acceptors (Lipinski definition) is 2. The quantitative estimate of drug-likeness (QED) is 0.832. The molecule has 1 aliphatic rings. The smallest absolute Gasteiger partial charge is 0.0771 e. The Bertz CT molecular complexity index is 382. The molecule has 0 radical (unpaired) electrons. The molecule has 2 nitrogen and oxygen atoms in total. The molecule has 20 heavy (non-hydrogen) atoms. The minimum absolute atomic E-state index is 0.457. The Morgan fingerprint density at radius 1 is 1.25 bits per heavy atom. The molecule has 1 atom stereocenters. The maximum Gasteiger partial charge on any atom is 0.0771 e. The van der Waals surface area contributed by atoms with Gasteiger partial charge in [0.25, 0.3) is 0 Å². The summed E-state index contributed by atoms with van der Waals surface area (Å²) in [7, 11) is 0. The fourth-order valence-corrected chi connectivity index (χ4v) is 2.97. The van der Waals surface area contributed by atoms with E-state index < -0.39 is 5.60 Å². The Labute approximate surface area is 123 Å². The first-order valence-electron chi connectivity index (χ1n) is 8.07. The van der Waals surface area contributed by atoms with Crippen molar-refractivity contribution in [3.05, 3.63) is 35.9 Å². The highest BCUT2D eigenvalue weighted by Gasteiger charge is 2.31. The molecule has 0 heterocycles. The lowest BCUT2D eigenvalue weighted by atomic mass is 9.79. The van der Waals surface area contributed by atoms with E-state index >= 15 is 0 Å². The molecule has 112 valence electrons. The van der Waals surface area contributed by atoms with Crippen molar-refractivity contribution >= 4 is 0 Å². The van der Waals surface area contributed by atoms with E-state index in [1.807, 2.05) is 0 Å². The van der Waals surface area contributed by atoms with Crippen molar-refractivity contribution in [3.63, 3.8) is 0 Å². The lowest BCUT2D eigenvalue weighted by Gasteiger charge is -2.36. The summed E-state index contributed by atoms with van der Waals surface area (Å²) >= 11 is 0. The zero-order chi connectivity index (χ0) is 14.4. The van der Waals surface area contributed by atoms with Crippen molar-refractivity contribution in [2.24, 2.45) is 5.92 Å². The van der Waals surface area contributed by atoms with Gasteiger partial charge in [0.15, 0.2) is 0 Å². The van der Waals surface area contributed by atoms with E-state index in [2.05, 4.69) is 49.5 Å². The van der Waals surface area contributed by atoms with Crippen LogP contribution in [0.15, 0.2) is 30.3 Å². The Morgan fingerprint density at radius 3 is 2.55 bits per heavy atom. The first kappa shape index (κ1) is 15.5. The van der Waals surface area contributed by atoms with Crippen LogP contribution in [0, 0.1) is 5.92 Å². The Hall–Kier alpha value is -0.860. The summed E-state index contributed by atoms with van der Waals surface area (Å²) in [5.74, 6) is 0.783. The van der Waals surface area contributed by atoms with E-state index in [0.29, 0.717) is 6.04 Å². The molecule has 1 unspecified atom stereocenters. The Balaban J connectivity index is 1.68. The van der Waals surface area contributed by atoms with Crippen molar-refractivity contribution < 1.29 is 5.11 Å². The Morgan fingerprint density at radius 2 is 1.90 bits per heavy atom. The van der Waals surface area contributed by atoms with Gasteiger partial charge in [0.2, 0.25) is 0 Å². The third-order valence-corrected chi connectivity index (χ3v) is 4.69. The van der Waals surface area contributed by atoms with Gasteiger partial charge in [-0.1, -0.05) is 37.3 Å². The van der Waals surface area contributed by atoms with Crippen LogP contribution in [0.2, 0.25) is 0 Å². The van der Waals surface area contributed by atoms with E-state index in [-0.39, 0.29) is 0 Å². The summed E-state index contributed by atoms with van der Waals surface area (Å²) in [4.78, 5) is 0. The van der Waals surface area contributed by atoms with Crippen molar-refractivity contribution in [3.8, 4) is 0 Å². The SMILES string of the molecule is CC1CCC(O)(CNC(C)CCc2ccccc2)CC1. The number of hydrogen-bond donors (Lipinski definition) is 2. The molecule has 0 aliphatic heterocycles. The second-order valence-corrected chi connectivity index (χ2v) is 6.71. The lowest BCUT2D eigenvalue weighted by Crippen LogP contribution is -2.45. The zero-order valence-corrected chi connectivity index (χ0v) is 12.9. The number of benzene rings is 1. The van der Waals surface area contributed by atoms with Crippen molar-refractivity contribution in [1.82, 2.24) is 5.32 Å². The third kappa shape index (κ3) is 4.92. The van der Waals surface area contributed by atoms with Gasteiger partial charge < -0.3 is 10.4 Å². The van der Waals surface area contributed by atoms with Crippen molar-refractivity contribution in [2.75, 3.05) is 6.54 Å². The van der Waals surface area contributed by atoms with Gasteiger partial charge in [-0.05, 0) is 56.9 Å². The molecule has 2 N–H and O–H groups in total. The van der Waals surface area contributed by atoms with Crippen LogP contribution in [-0.4, -0.2) is 23.3 Å². The summed E-state index contributed by atoms with van der Waals surface area (Å²) in [6.45, 7) is 5.25. The first-order valence-corrected chi connectivity index (χ1v) is 8.07. The standard InChI is InChI=1S/C18H29NO/c1-15-10-12-18(20,13-11-15)14-19-16(2)8-9-17-6-4-3-5-7-17/h3-7,15-16,19-20H,8-14H2,1-2H3. The van der Waals surface area contributed by atoms with Crippen LogP contribution in [0.25, 0.3) is 0 Å². The van der Waals surface area contributed by atoms with E-state index in [1.165, 1.54) is 5.56 Å². The largest absolute Gasteiger partial charge is 0.389 e. The van der Waals surface area contributed by atoms with Gasteiger partial charge in [-0.2, -0.15) is 0 Å². The van der Waals surface area contributed by atoms with E-state index in [4.69, 9.17) is 0 Å². The van der Waals surface area contributed by atoms with Crippen LogP contribution in [0.4, 0.5) is 0 Å². The van der Waals surface area contributed by atoms with Gasteiger partial charge in [0.05, 0.1) is 5.60 Å². The van der Waals surface area contributed by atoms with Crippen molar-refractivity contribution in [2.45, 2.75) is 64.0 Å². The minimum atomic E-state index is -0.465. The number of aliphatic hydroxyl groups is 1. The molecule has 0 saturated heterocycles. The van der Waals surface area contributed by atoms with Gasteiger partial charge in [0.1, 0.15) is 0 Å². The molecule has 0 aromatic heterocycles. The van der Waals surface area contributed by atoms with Gasteiger partial charge in [-0.15, -0.1) is 0 Å². The third-order valence-electron chi connectivity index (χ3n) is 4.69. The monoisotopic (exact) mass is 275 g/mol. The maximum absolute atomic E-state index is 10.6. The van der Waals surface area contributed by atoms with Crippen LogP contribution in [0.3, 0.4) is 0 Å². The summed E-state index contributed by atoms with van der Waals surface area (Å²) in [5.41, 5.74) is 0.930. The lowest BCUT2D eigenvalue weighted by molar-refractivity contribution is -0.00793. The highest BCUT2D eigenvalue weighted by Crippen LogP contribution is 2.31. The molecule has 1 saturated carbocycles. The topological polar surface area (TPSA) is 32.3 Å². The van der Waals surface area contributed by atoms with Crippen LogP contribution < -0.4 is 5.32 Å². The second kappa shape index (κ2) is 7.24. The summed E-state index contributed by atoms with van der Waals surface area (Å²) < 4.78 is 0. The average molecular weight is 275 g/mol. The van der Waals surface area contributed by atoms with Gasteiger partial charge >= 0.3 is 0 Å². The molecule has 2 rings (SSSR count). The van der Waals surface area contributed by atoms with Crippen molar-refractivity contribution in [1.29, 1.82) is 0 Å². The molecule has 1 fully saturated rings. The van der Waals surface area contributed by atoms with Crippen LogP contribution in [0.1, 0.15) is 51.5 Å². The van der Waals surface area contributed by atoms with E-state index in [0.717, 1.165) is 51.0 Å². The van der Waals surface area contributed by atoms with E-state index in [1.54, 1.807) is 0 Å². The van der Waals surface area contributed by atoms with Crippen LogP contribution >= 0.6 is 0 Å².